The van der Waals surface area contributed by atoms with Crippen molar-refractivity contribution in [2.24, 2.45) is 5.92 Å². The molecule has 5 rings (SSSR count). The first-order chi connectivity index (χ1) is 19.5. The molecule has 0 spiro atoms. The van der Waals surface area contributed by atoms with Crippen LogP contribution in [0.4, 0.5) is 30.7 Å². The lowest BCUT2D eigenvalue weighted by molar-refractivity contribution is -0.276. The Morgan fingerprint density at radius 1 is 0.854 bits per heavy atom. The van der Waals surface area contributed by atoms with Crippen molar-refractivity contribution in [1.29, 1.82) is 0 Å². The van der Waals surface area contributed by atoms with E-state index in [1.807, 2.05) is 12.1 Å². The smallest absolute Gasteiger partial charge is 0.493 e. The fraction of sp³-hybridized carbons (Fsp3) is 0.355. The van der Waals surface area contributed by atoms with Gasteiger partial charge in [0.1, 0.15) is 17.4 Å². The zero-order valence-corrected chi connectivity index (χ0v) is 22.9. The van der Waals surface area contributed by atoms with E-state index in [1.165, 1.54) is 28.3 Å². The van der Waals surface area contributed by atoms with Crippen LogP contribution in [0.1, 0.15) is 55.4 Å². The van der Waals surface area contributed by atoms with Crippen LogP contribution in [0.15, 0.2) is 48.5 Å². The van der Waals surface area contributed by atoms with E-state index in [1.54, 1.807) is 0 Å². The average Bonchev–Trinajstić information content (AvgIpc) is 3.33. The third-order valence-corrected chi connectivity index (χ3v) is 8.65. The van der Waals surface area contributed by atoms with Gasteiger partial charge in [-0.25, -0.2) is 17.6 Å². The molecule has 0 atom stereocenters. The van der Waals surface area contributed by atoms with Crippen molar-refractivity contribution in [3.8, 4) is 22.6 Å². The van der Waals surface area contributed by atoms with Gasteiger partial charge in [0.25, 0.3) is 0 Å². The Hall–Kier alpha value is -3.27. The molecule has 0 radical (unpaired) electrons. The van der Waals surface area contributed by atoms with Gasteiger partial charge in [0.05, 0.1) is 11.3 Å². The lowest BCUT2D eigenvalue weighted by atomic mass is 9.79. The first kappa shape index (κ1) is 29.2. The number of alkyl halides is 3. The van der Waals surface area contributed by atoms with Crippen LogP contribution in [0.2, 0.25) is 0 Å². The van der Waals surface area contributed by atoms with Gasteiger partial charge in [-0.15, -0.1) is 24.5 Å². The highest BCUT2D eigenvalue weighted by molar-refractivity contribution is 7.19. The monoisotopic (exact) mass is 596 g/mol. The Kier molecular flexibility index (Phi) is 8.50. The summed E-state index contributed by atoms with van der Waals surface area (Å²) in [4.78, 5) is 1.19. The van der Waals surface area contributed by atoms with Crippen LogP contribution in [0.5, 0.6) is 11.5 Å². The Labute approximate surface area is 236 Å². The molecule has 1 aliphatic carbocycles. The zero-order chi connectivity index (χ0) is 29.3. The van der Waals surface area contributed by atoms with Gasteiger partial charge in [-0.1, -0.05) is 25.5 Å². The van der Waals surface area contributed by atoms with Crippen molar-refractivity contribution in [3.05, 3.63) is 82.2 Å². The number of thiophene rings is 1. The summed E-state index contributed by atoms with van der Waals surface area (Å²) in [6, 6.07) is 10.9. The Morgan fingerprint density at radius 2 is 1.56 bits per heavy atom. The number of rotatable bonds is 8. The van der Waals surface area contributed by atoms with E-state index in [4.69, 9.17) is 4.74 Å². The minimum atomic E-state index is -5.28. The van der Waals surface area contributed by atoms with Gasteiger partial charge in [-0.3, -0.25) is 0 Å². The molecule has 1 heterocycles. The molecular formula is C31H27F7O2S. The molecule has 41 heavy (non-hydrogen) atoms. The molecule has 0 unspecified atom stereocenters. The average molecular weight is 597 g/mol. The molecule has 1 aromatic heterocycles. The summed E-state index contributed by atoms with van der Waals surface area (Å²) in [7, 11) is 0. The van der Waals surface area contributed by atoms with Gasteiger partial charge < -0.3 is 9.47 Å². The zero-order valence-electron chi connectivity index (χ0n) is 22.1. The van der Waals surface area contributed by atoms with E-state index in [0.717, 1.165) is 60.2 Å². The Morgan fingerprint density at radius 3 is 2.20 bits per heavy atom. The minimum Gasteiger partial charge on any atom is -0.493 e. The largest absolute Gasteiger partial charge is 0.573 e. The molecule has 1 aliphatic rings. The highest BCUT2D eigenvalue weighted by Crippen LogP contribution is 2.41. The maximum Gasteiger partial charge on any atom is 0.573 e. The predicted molar refractivity (Wildman–Crippen MR) is 144 cm³/mol. The van der Waals surface area contributed by atoms with Crippen LogP contribution in [0.3, 0.4) is 0 Å². The van der Waals surface area contributed by atoms with Crippen LogP contribution in [0.25, 0.3) is 21.2 Å². The van der Waals surface area contributed by atoms with Gasteiger partial charge in [0.15, 0.2) is 11.6 Å². The van der Waals surface area contributed by atoms with E-state index >= 15 is 4.39 Å². The van der Waals surface area contributed by atoms with Crippen molar-refractivity contribution in [2.45, 2.75) is 57.7 Å². The predicted octanol–water partition coefficient (Wildman–Crippen LogP) is 10.3. The lowest BCUT2D eigenvalue weighted by Gasteiger charge is -2.29. The van der Waals surface area contributed by atoms with Crippen molar-refractivity contribution in [2.75, 3.05) is 6.61 Å². The molecule has 218 valence electrons. The van der Waals surface area contributed by atoms with Crippen LogP contribution >= 0.6 is 11.3 Å². The second-order valence-corrected chi connectivity index (χ2v) is 11.5. The molecular weight excluding hydrogens is 569 g/mol. The number of ether oxygens (including phenoxy) is 2. The van der Waals surface area contributed by atoms with E-state index in [2.05, 4.69) is 17.7 Å². The quantitative estimate of drug-likeness (QED) is 0.189. The maximum absolute atomic E-state index is 15.4. The van der Waals surface area contributed by atoms with Crippen molar-refractivity contribution < 1.29 is 40.2 Å². The summed E-state index contributed by atoms with van der Waals surface area (Å²) < 4.78 is 105. The lowest BCUT2D eigenvalue weighted by Crippen LogP contribution is -2.20. The minimum absolute atomic E-state index is 0.118. The number of halogens is 7. The van der Waals surface area contributed by atoms with Crippen molar-refractivity contribution in [1.82, 2.24) is 0 Å². The summed E-state index contributed by atoms with van der Waals surface area (Å²) in [6.07, 6.45) is -0.0683. The maximum atomic E-state index is 15.4. The van der Waals surface area contributed by atoms with Crippen molar-refractivity contribution in [3.63, 3.8) is 0 Å². The molecule has 2 nitrogen and oxygen atoms in total. The molecule has 10 heteroatoms. The summed E-state index contributed by atoms with van der Waals surface area (Å²) in [6.45, 7) is 2.43. The van der Waals surface area contributed by atoms with Crippen LogP contribution in [-0.4, -0.2) is 13.0 Å². The number of hydrogen-bond donors (Lipinski definition) is 0. The van der Waals surface area contributed by atoms with E-state index in [0.29, 0.717) is 18.7 Å². The summed E-state index contributed by atoms with van der Waals surface area (Å²) in [5.74, 6) is -5.26. The van der Waals surface area contributed by atoms with E-state index in [9.17, 15) is 26.3 Å². The summed E-state index contributed by atoms with van der Waals surface area (Å²) in [5.41, 5.74) is 0.262. The molecule has 4 aromatic rings. The third kappa shape index (κ3) is 6.63. The van der Waals surface area contributed by atoms with Crippen LogP contribution in [0, 0.1) is 29.2 Å². The van der Waals surface area contributed by atoms with Crippen LogP contribution < -0.4 is 9.47 Å². The number of benzene rings is 3. The van der Waals surface area contributed by atoms with Gasteiger partial charge in [0, 0.05) is 16.5 Å². The number of hydrogen-bond acceptors (Lipinski definition) is 3. The van der Waals surface area contributed by atoms with Crippen LogP contribution in [-0.2, 0) is 6.42 Å². The Bertz CT molecular complexity index is 1510. The molecule has 1 fully saturated rings. The summed E-state index contributed by atoms with van der Waals surface area (Å²) in [5, 5.41) is 0.947. The molecule has 3 aromatic carbocycles. The van der Waals surface area contributed by atoms with E-state index in [-0.39, 0.29) is 34.5 Å². The van der Waals surface area contributed by atoms with Gasteiger partial charge in [-0.05, 0) is 90.8 Å². The Balaban J connectivity index is 1.19. The fourth-order valence-corrected chi connectivity index (χ4v) is 6.63. The SMILES string of the molecule is CCCc1cc2ccc(C3CCC(COc4ccc(-c5cc(F)c(OC(F)(F)F)c(F)c5)c(F)c4)CC3)c(F)c2s1. The summed E-state index contributed by atoms with van der Waals surface area (Å²) >= 11 is 1.53. The van der Waals surface area contributed by atoms with Gasteiger partial charge in [-0.2, -0.15) is 0 Å². The number of aryl methyl sites for hydroxylation is 1. The topological polar surface area (TPSA) is 18.5 Å². The fourth-order valence-electron chi connectivity index (χ4n) is 5.43. The molecule has 0 bridgehead atoms. The second-order valence-electron chi connectivity index (χ2n) is 10.3. The van der Waals surface area contributed by atoms with Crippen molar-refractivity contribution >= 4 is 21.4 Å². The third-order valence-electron chi connectivity index (χ3n) is 7.44. The standard InChI is InChI=1S/C31H27F7O2S/c1-2-3-22-12-19-8-10-24(28(35)30(19)41-22)18-6-4-17(5-7-18)16-39-21-9-11-23(25(32)15-21)20-13-26(33)29(27(34)14-20)40-31(36,37)38/h8-15,17-18H,2-7,16H2,1H3. The van der Waals surface area contributed by atoms with Gasteiger partial charge in [0.2, 0.25) is 5.75 Å². The van der Waals surface area contributed by atoms with Gasteiger partial charge >= 0.3 is 6.36 Å². The first-order valence-electron chi connectivity index (χ1n) is 13.4. The first-order valence-corrected chi connectivity index (χ1v) is 14.2. The number of fused-ring (bicyclic) bond motifs is 1. The highest BCUT2D eigenvalue weighted by atomic mass is 32.1. The molecule has 1 saturated carbocycles. The molecule has 0 amide bonds. The van der Waals surface area contributed by atoms with E-state index < -0.39 is 29.6 Å². The molecule has 0 aliphatic heterocycles. The normalized spacial score (nSPS) is 17.7. The highest BCUT2D eigenvalue weighted by Gasteiger charge is 2.34. The second kappa shape index (κ2) is 11.9. The molecule has 0 saturated heterocycles. The molecule has 0 N–H and O–H groups in total.